The number of carbonyl (C=O) groups excluding carboxylic acids is 2. The zero-order chi connectivity index (χ0) is 23.1. The SMILES string of the molecule is CNC(=O)[C@@H](Cc1ccccc1)N(Cc1cccc(Br)c1)C(=O)Cc1c(F)cccc1Cl. The second-order valence-electron chi connectivity index (χ2n) is 7.35. The van der Waals surface area contributed by atoms with Gasteiger partial charge in [0.2, 0.25) is 11.8 Å². The third kappa shape index (κ3) is 6.17. The number of rotatable bonds is 8. The lowest BCUT2D eigenvalue weighted by Gasteiger charge is -2.31. The molecule has 0 fully saturated rings. The Morgan fingerprint density at radius 3 is 2.38 bits per heavy atom. The molecule has 3 rings (SSSR count). The van der Waals surface area contributed by atoms with Gasteiger partial charge in [0, 0.05) is 35.1 Å². The summed E-state index contributed by atoms with van der Waals surface area (Å²) < 4.78 is 15.2. The van der Waals surface area contributed by atoms with E-state index >= 15 is 0 Å². The first-order valence-electron chi connectivity index (χ1n) is 10.1. The van der Waals surface area contributed by atoms with E-state index in [1.165, 1.54) is 24.1 Å². The molecule has 0 aliphatic heterocycles. The summed E-state index contributed by atoms with van der Waals surface area (Å²) in [6, 6.07) is 20.5. The van der Waals surface area contributed by atoms with Crippen LogP contribution in [0.2, 0.25) is 5.02 Å². The van der Waals surface area contributed by atoms with Crippen molar-refractivity contribution in [1.29, 1.82) is 0 Å². The molecule has 0 heterocycles. The van der Waals surface area contributed by atoms with E-state index in [-0.39, 0.29) is 35.4 Å². The maximum absolute atomic E-state index is 14.4. The summed E-state index contributed by atoms with van der Waals surface area (Å²) >= 11 is 9.61. The molecule has 1 atom stereocenters. The molecule has 1 N–H and O–H groups in total. The normalized spacial score (nSPS) is 11.6. The summed E-state index contributed by atoms with van der Waals surface area (Å²) in [4.78, 5) is 27.9. The van der Waals surface area contributed by atoms with Crippen LogP contribution in [0, 0.1) is 5.82 Å². The molecule has 0 aliphatic rings. The quantitative estimate of drug-likeness (QED) is 0.448. The predicted molar refractivity (Wildman–Crippen MR) is 128 cm³/mol. The van der Waals surface area contributed by atoms with E-state index in [4.69, 9.17) is 11.6 Å². The minimum atomic E-state index is -0.778. The van der Waals surface area contributed by atoms with Crippen LogP contribution in [0.25, 0.3) is 0 Å². The number of likely N-dealkylation sites (N-methyl/N-ethyl adjacent to an activating group) is 1. The Balaban J connectivity index is 1.98. The summed E-state index contributed by atoms with van der Waals surface area (Å²) in [5.41, 5.74) is 1.88. The summed E-state index contributed by atoms with van der Waals surface area (Å²) in [5.74, 6) is -1.23. The molecule has 32 heavy (non-hydrogen) atoms. The maximum Gasteiger partial charge on any atom is 0.242 e. The molecule has 7 heteroatoms. The van der Waals surface area contributed by atoms with E-state index in [0.717, 1.165) is 15.6 Å². The highest BCUT2D eigenvalue weighted by Crippen LogP contribution is 2.23. The Morgan fingerprint density at radius 2 is 1.72 bits per heavy atom. The van der Waals surface area contributed by atoms with Crippen LogP contribution in [0.15, 0.2) is 77.3 Å². The highest BCUT2D eigenvalue weighted by molar-refractivity contribution is 9.10. The summed E-state index contributed by atoms with van der Waals surface area (Å²) in [5, 5.41) is 2.84. The first-order chi connectivity index (χ1) is 15.4. The van der Waals surface area contributed by atoms with Gasteiger partial charge in [0.05, 0.1) is 6.42 Å². The van der Waals surface area contributed by atoms with Crippen molar-refractivity contribution in [3.05, 3.63) is 105 Å². The molecule has 0 saturated carbocycles. The molecule has 3 aromatic carbocycles. The number of carbonyl (C=O) groups is 2. The fourth-order valence-corrected chi connectivity index (χ4v) is 4.18. The summed E-state index contributed by atoms with van der Waals surface area (Å²) in [6.45, 7) is 0.190. The van der Waals surface area contributed by atoms with Crippen molar-refractivity contribution in [2.24, 2.45) is 0 Å². The van der Waals surface area contributed by atoms with Crippen molar-refractivity contribution in [3.63, 3.8) is 0 Å². The van der Waals surface area contributed by atoms with Crippen molar-refractivity contribution >= 4 is 39.3 Å². The van der Waals surface area contributed by atoms with Gasteiger partial charge >= 0.3 is 0 Å². The van der Waals surface area contributed by atoms with Crippen LogP contribution in [0.3, 0.4) is 0 Å². The maximum atomic E-state index is 14.4. The Labute approximate surface area is 200 Å². The minimum absolute atomic E-state index is 0.119. The zero-order valence-electron chi connectivity index (χ0n) is 17.5. The van der Waals surface area contributed by atoms with Gasteiger partial charge in [-0.3, -0.25) is 9.59 Å². The smallest absolute Gasteiger partial charge is 0.242 e. The largest absolute Gasteiger partial charge is 0.357 e. The van der Waals surface area contributed by atoms with Crippen LogP contribution >= 0.6 is 27.5 Å². The molecule has 0 spiro atoms. The first kappa shape index (κ1) is 24.0. The second-order valence-corrected chi connectivity index (χ2v) is 8.67. The van der Waals surface area contributed by atoms with Crippen LogP contribution in [-0.2, 0) is 29.0 Å². The minimum Gasteiger partial charge on any atom is -0.357 e. The number of hydrogen-bond donors (Lipinski definition) is 1. The number of nitrogens with one attached hydrogen (secondary N) is 1. The van der Waals surface area contributed by atoms with Gasteiger partial charge in [-0.15, -0.1) is 0 Å². The average Bonchev–Trinajstić information content (AvgIpc) is 2.79. The standard InChI is InChI=1S/C25H23BrClFN2O2/c1-29-25(32)23(14-17-7-3-2-4-8-17)30(16-18-9-5-10-19(26)13-18)24(31)15-20-21(27)11-6-12-22(20)28/h2-13,23H,14-16H2,1H3,(H,29,32)/t23-/m1/s1. The molecular weight excluding hydrogens is 495 g/mol. The van der Waals surface area contributed by atoms with Gasteiger partial charge in [0.1, 0.15) is 11.9 Å². The summed E-state index contributed by atoms with van der Waals surface area (Å²) in [6.07, 6.45) is 0.0764. The van der Waals surface area contributed by atoms with Crippen LogP contribution < -0.4 is 5.32 Å². The second kappa shape index (κ2) is 11.2. The fourth-order valence-electron chi connectivity index (χ4n) is 3.51. The van der Waals surface area contributed by atoms with Gasteiger partial charge in [0.15, 0.2) is 0 Å². The van der Waals surface area contributed by atoms with Crippen LogP contribution in [0.5, 0.6) is 0 Å². The molecule has 4 nitrogen and oxygen atoms in total. The lowest BCUT2D eigenvalue weighted by molar-refractivity contribution is -0.140. The van der Waals surface area contributed by atoms with Crippen molar-refractivity contribution in [2.45, 2.75) is 25.4 Å². The Kier molecular flexibility index (Phi) is 8.42. The molecule has 0 radical (unpaired) electrons. The van der Waals surface area contributed by atoms with Gasteiger partial charge in [-0.1, -0.05) is 76.1 Å². The number of hydrogen-bond acceptors (Lipinski definition) is 2. The van der Waals surface area contributed by atoms with Crippen molar-refractivity contribution < 1.29 is 14.0 Å². The van der Waals surface area contributed by atoms with E-state index in [1.54, 1.807) is 6.07 Å². The van der Waals surface area contributed by atoms with E-state index in [1.807, 2.05) is 54.6 Å². The van der Waals surface area contributed by atoms with Gasteiger partial charge in [-0.25, -0.2) is 4.39 Å². The van der Waals surface area contributed by atoms with Gasteiger partial charge in [-0.2, -0.15) is 0 Å². The van der Waals surface area contributed by atoms with Crippen LogP contribution in [0.1, 0.15) is 16.7 Å². The van der Waals surface area contributed by atoms with E-state index in [2.05, 4.69) is 21.2 Å². The molecule has 2 amide bonds. The predicted octanol–water partition coefficient (Wildman–Crippen LogP) is 5.17. The lowest BCUT2D eigenvalue weighted by Crippen LogP contribution is -2.50. The van der Waals surface area contributed by atoms with E-state index < -0.39 is 11.9 Å². The number of benzene rings is 3. The zero-order valence-corrected chi connectivity index (χ0v) is 19.9. The number of amides is 2. The Morgan fingerprint density at radius 1 is 1.03 bits per heavy atom. The fraction of sp³-hybridized carbons (Fsp3) is 0.200. The Bertz CT molecular complexity index is 1070. The van der Waals surface area contributed by atoms with Gasteiger partial charge in [0.25, 0.3) is 0 Å². The van der Waals surface area contributed by atoms with E-state index in [0.29, 0.717) is 6.42 Å². The molecule has 3 aromatic rings. The highest BCUT2D eigenvalue weighted by atomic mass is 79.9. The molecule has 0 saturated heterocycles. The van der Waals surface area contributed by atoms with Crippen molar-refractivity contribution in [3.8, 4) is 0 Å². The molecular formula is C25H23BrClFN2O2. The topological polar surface area (TPSA) is 49.4 Å². The first-order valence-corrected chi connectivity index (χ1v) is 11.3. The molecule has 0 unspecified atom stereocenters. The average molecular weight is 518 g/mol. The van der Waals surface area contributed by atoms with Gasteiger partial charge in [-0.05, 0) is 35.4 Å². The van der Waals surface area contributed by atoms with E-state index in [9.17, 15) is 14.0 Å². The van der Waals surface area contributed by atoms with Crippen molar-refractivity contribution in [1.82, 2.24) is 10.2 Å². The number of halogens is 3. The van der Waals surface area contributed by atoms with Crippen molar-refractivity contribution in [2.75, 3.05) is 7.05 Å². The lowest BCUT2D eigenvalue weighted by atomic mass is 10.0. The van der Waals surface area contributed by atoms with Crippen LogP contribution in [-0.4, -0.2) is 29.8 Å². The monoisotopic (exact) mass is 516 g/mol. The third-order valence-corrected chi connectivity index (χ3v) is 6.00. The molecule has 0 aliphatic carbocycles. The van der Waals surface area contributed by atoms with Crippen LogP contribution in [0.4, 0.5) is 4.39 Å². The van der Waals surface area contributed by atoms with Gasteiger partial charge < -0.3 is 10.2 Å². The molecule has 0 bridgehead atoms. The third-order valence-electron chi connectivity index (χ3n) is 5.15. The molecule has 166 valence electrons. The summed E-state index contributed by atoms with van der Waals surface area (Å²) in [7, 11) is 1.54. The Hall–Kier alpha value is -2.70. The molecule has 0 aromatic heterocycles. The highest BCUT2D eigenvalue weighted by Gasteiger charge is 2.30. The number of nitrogens with zero attached hydrogens (tertiary/aromatic N) is 1.